The molecule has 212 valence electrons. The molecular formula is C20H15Cl2F3N8NaO6P. The van der Waals surface area contributed by atoms with Crippen molar-refractivity contribution in [2.75, 3.05) is 0 Å². The molecule has 21 heteroatoms. The zero-order valence-electron chi connectivity index (χ0n) is 20.6. The quantitative estimate of drug-likeness (QED) is 0.161. The summed E-state index contributed by atoms with van der Waals surface area (Å²) < 4.78 is 57.7. The molecule has 0 bridgehead atoms. The summed E-state index contributed by atoms with van der Waals surface area (Å²) in [5.41, 5.74) is 4.33. The van der Waals surface area contributed by atoms with Gasteiger partial charge in [0.05, 0.1) is 11.6 Å². The maximum Gasteiger partial charge on any atom is 1.00 e. The van der Waals surface area contributed by atoms with Gasteiger partial charge in [0, 0.05) is 16.8 Å². The number of carbonyl (C=O) groups excluding carboxylic acids is 1. The number of alkyl halides is 3. The summed E-state index contributed by atoms with van der Waals surface area (Å²) in [6.45, 7) is -1.99. The van der Waals surface area contributed by atoms with Crippen molar-refractivity contribution in [2.45, 2.75) is 25.4 Å². The molecule has 4 aromatic rings. The van der Waals surface area contributed by atoms with Crippen LogP contribution in [0.15, 0.2) is 47.4 Å². The van der Waals surface area contributed by atoms with Crippen LogP contribution in [0.25, 0.3) is 17.2 Å². The number of benzene rings is 1. The molecule has 4 rings (SSSR count). The number of nitrogens with two attached hydrogens (primary N) is 1. The second kappa shape index (κ2) is 12.7. The van der Waals surface area contributed by atoms with Crippen molar-refractivity contribution in [1.82, 2.24) is 34.1 Å². The van der Waals surface area contributed by atoms with Crippen molar-refractivity contribution >= 4 is 36.9 Å². The van der Waals surface area contributed by atoms with E-state index in [9.17, 15) is 32.2 Å². The number of primary amides is 1. The van der Waals surface area contributed by atoms with Gasteiger partial charge in [-0.05, 0) is 36.4 Å². The Morgan fingerprint density at radius 3 is 2.41 bits per heavy atom. The van der Waals surface area contributed by atoms with E-state index < -0.39 is 50.6 Å². The van der Waals surface area contributed by atoms with E-state index in [1.165, 1.54) is 42.6 Å². The van der Waals surface area contributed by atoms with E-state index in [0.717, 1.165) is 4.68 Å². The van der Waals surface area contributed by atoms with E-state index in [1.807, 2.05) is 0 Å². The normalized spacial score (nSPS) is 13.8. The molecule has 1 unspecified atom stereocenters. The Morgan fingerprint density at radius 1 is 1.20 bits per heavy atom. The van der Waals surface area contributed by atoms with Crippen molar-refractivity contribution in [3.8, 4) is 17.2 Å². The van der Waals surface area contributed by atoms with Crippen molar-refractivity contribution < 1.29 is 66.4 Å². The minimum Gasteiger partial charge on any atom is -0.756 e. The van der Waals surface area contributed by atoms with Gasteiger partial charge in [-0.25, -0.2) is 19.4 Å². The van der Waals surface area contributed by atoms with Crippen LogP contribution >= 0.6 is 31.0 Å². The van der Waals surface area contributed by atoms with Gasteiger partial charge in [0.1, 0.15) is 6.54 Å². The predicted molar refractivity (Wildman–Crippen MR) is 129 cm³/mol. The van der Waals surface area contributed by atoms with Gasteiger partial charge < -0.3 is 20.0 Å². The molecule has 0 aliphatic rings. The maximum atomic E-state index is 13.6. The van der Waals surface area contributed by atoms with Crippen LogP contribution in [0, 0.1) is 0 Å². The van der Waals surface area contributed by atoms with Crippen LogP contribution in [0.4, 0.5) is 13.2 Å². The van der Waals surface area contributed by atoms with E-state index in [0.29, 0.717) is 9.25 Å². The summed E-state index contributed by atoms with van der Waals surface area (Å²) in [4.78, 5) is 53.2. The van der Waals surface area contributed by atoms with E-state index in [2.05, 4.69) is 24.7 Å². The van der Waals surface area contributed by atoms with E-state index in [1.54, 1.807) is 0 Å². The van der Waals surface area contributed by atoms with Crippen molar-refractivity contribution in [2.24, 2.45) is 5.73 Å². The summed E-state index contributed by atoms with van der Waals surface area (Å²) in [5, 5.41) is 8.48. The zero-order valence-corrected chi connectivity index (χ0v) is 25.0. The van der Waals surface area contributed by atoms with Gasteiger partial charge in [-0.15, -0.1) is 10.2 Å². The largest absolute Gasteiger partial charge is 1.00 e. The summed E-state index contributed by atoms with van der Waals surface area (Å²) in [5.74, 6) is -2.04. The number of phosphoric acid groups is 1. The third-order valence-corrected chi connectivity index (χ3v) is 6.17. The minimum atomic E-state index is -5.87. The van der Waals surface area contributed by atoms with Gasteiger partial charge in [0.15, 0.2) is 23.6 Å². The van der Waals surface area contributed by atoms with Gasteiger partial charge in [0.2, 0.25) is 5.82 Å². The second-order valence-corrected chi connectivity index (χ2v) is 9.91. The van der Waals surface area contributed by atoms with Gasteiger partial charge in [-0.3, -0.25) is 13.9 Å². The summed E-state index contributed by atoms with van der Waals surface area (Å²) in [6, 6.07) is 8.41. The Balaban J connectivity index is 0.00000462. The first kappa shape index (κ1) is 32.9. The van der Waals surface area contributed by atoms with Crippen molar-refractivity contribution in [1.29, 1.82) is 0 Å². The fraction of sp³-hybridized carbons (Fsp3) is 0.200. The molecule has 41 heavy (non-hydrogen) atoms. The smallest absolute Gasteiger partial charge is 0.756 e. The first-order chi connectivity index (χ1) is 18.6. The molecule has 3 heterocycles. The van der Waals surface area contributed by atoms with Gasteiger partial charge >= 0.3 is 41.4 Å². The Kier molecular flexibility index (Phi) is 10.2. The second-order valence-electron chi connectivity index (χ2n) is 7.92. The molecule has 0 aliphatic carbocycles. The van der Waals surface area contributed by atoms with Crippen LogP contribution in [0.5, 0.6) is 0 Å². The average Bonchev–Trinajstić information content (AvgIpc) is 3.40. The van der Waals surface area contributed by atoms with Gasteiger partial charge in [0.25, 0.3) is 13.7 Å². The number of rotatable bonds is 9. The number of pyridine rings is 1. The molecule has 0 spiro atoms. The number of hydrogen-bond acceptors (Lipinski definition) is 9. The van der Waals surface area contributed by atoms with Crippen LogP contribution < -0.4 is 45.9 Å². The zero-order chi connectivity index (χ0) is 29.4. The standard InChI is InChI=1S/C20H16Cl2F3N8O6P.Na/c21-11-5-3-10(4-6-11)16-30-32(19(35)31(16)8-13(20(23,24)25)39-40(36,37)38)9-14-28-18(15(26)34)33(29-14)17-12(22)2-1-7-27-17;/h1-7,13H,8-9H2,(H2,26,34)(H2,36,37,38);/q;+1/p-1/t13-;/m0./s1. The molecule has 0 saturated heterocycles. The fourth-order valence-electron chi connectivity index (χ4n) is 3.44. The molecule has 3 N–H and O–H groups in total. The van der Waals surface area contributed by atoms with E-state index >= 15 is 0 Å². The summed E-state index contributed by atoms with van der Waals surface area (Å²) in [6.07, 6.45) is -7.11. The molecule has 1 aromatic carbocycles. The fourth-order valence-corrected chi connectivity index (χ4v) is 4.28. The molecule has 0 aliphatic heterocycles. The Bertz CT molecular complexity index is 1670. The minimum absolute atomic E-state index is 0. The van der Waals surface area contributed by atoms with Crippen LogP contribution in [-0.2, 0) is 22.2 Å². The van der Waals surface area contributed by atoms with Crippen LogP contribution in [0.1, 0.15) is 16.4 Å². The van der Waals surface area contributed by atoms with Crippen molar-refractivity contribution in [3.05, 3.63) is 74.8 Å². The number of carbonyl (C=O) groups is 1. The Labute approximate surface area is 259 Å². The predicted octanol–water partition coefficient (Wildman–Crippen LogP) is -1.45. The molecule has 14 nitrogen and oxygen atoms in total. The average molecular weight is 645 g/mol. The first-order valence-corrected chi connectivity index (χ1v) is 13.0. The number of amides is 1. The number of hydrogen-bond donors (Lipinski definition) is 2. The van der Waals surface area contributed by atoms with E-state index in [-0.39, 0.29) is 62.6 Å². The SMILES string of the molecule is NC(=O)c1nc(Cn2nc(-c3ccc(Cl)cc3)n(C[C@H](OP(=O)([O-])O)C(F)(F)F)c2=O)nn1-c1ncccc1Cl.[Na+]. The number of phosphoric ester groups is 1. The molecule has 3 aromatic heterocycles. The topological polar surface area (TPSA) is 196 Å². The third-order valence-electron chi connectivity index (χ3n) is 5.10. The van der Waals surface area contributed by atoms with Crippen LogP contribution in [0.2, 0.25) is 10.0 Å². The first-order valence-electron chi connectivity index (χ1n) is 10.7. The van der Waals surface area contributed by atoms with Crippen molar-refractivity contribution in [3.63, 3.8) is 0 Å². The molecule has 1 amide bonds. The monoisotopic (exact) mass is 644 g/mol. The van der Waals surface area contributed by atoms with Crippen LogP contribution in [-0.4, -0.2) is 57.2 Å². The molecule has 0 saturated carbocycles. The molecular weight excluding hydrogens is 630 g/mol. The molecule has 0 fully saturated rings. The van der Waals surface area contributed by atoms with E-state index in [4.69, 9.17) is 33.8 Å². The summed E-state index contributed by atoms with van der Waals surface area (Å²) >= 11 is 12.0. The number of halogens is 5. The van der Waals surface area contributed by atoms with Gasteiger partial charge in [-0.2, -0.15) is 17.9 Å². The Hall–Kier alpha value is -2.60. The number of aromatic nitrogens is 7. The van der Waals surface area contributed by atoms with Crippen LogP contribution in [0.3, 0.4) is 0 Å². The summed E-state index contributed by atoms with van der Waals surface area (Å²) in [7, 11) is -5.87. The third kappa shape index (κ3) is 7.82. The maximum absolute atomic E-state index is 13.6. The Morgan fingerprint density at radius 2 is 1.85 bits per heavy atom. The number of nitrogens with zero attached hydrogens (tertiary/aromatic N) is 7. The molecule has 2 atom stereocenters. The van der Waals surface area contributed by atoms with Gasteiger partial charge in [-0.1, -0.05) is 23.2 Å². The molecule has 0 radical (unpaired) electrons.